The van der Waals surface area contributed by atoms with Gasteiger partial charge in [-0.2, -0.15) is 0 Å². The maximum absolute atomic E-state index is 4.49. The average molecular weight is 285 g/mol. The van der Waals surface area contributed by atoms with Crippen LogP contribution in [0.2, 0.25) is 0 Å². The van der Waals surface area contributed by atoms with Crippen molar-refractivity contribution >= 4 is 22.2 Å². The number of thiazole rings is 1. The van der Waals surface area contributed by atoms with Gasteiger partial charge >= 0.3 is 0 Å². The van der Waals surface area contributed by atoms with Gasteiger partial charge in [0.05, 0.1) is 6.04 Å². The second kappa shape index (κ2) is 5.77. The normalized spacial score (nSPS) is 12.9. The molecule has 0 bridgehead atoms. The van der Waals surface area contributed by atoms with Crippen LogP contribution >= 0.6 is 11.3 Å². The zero-order valence-corrected chi connectivity index (χ0v) is 12.6. The van der Waals surface area contributed by atoms with Crippen molar-refractivity contribution in [3.05, 3.63) is 52.1 Å². The number of aromatic nitrogens is 2. The van der Waals surface area contributed by atoms with Gasteiger partial charge in [0.15, 0.2) is 0 Å². The number of nitrogens with zero attached hydrogens (tertiary/aromatic N) is 1. The van der Waals surface area contributed by atoms with Crippen LogP contribution < -0.4 is 5.32 Å². The predicted molar refractivity (Wildman–Crippen MR) is 85.0 cm³/mol. The fourth-order valence-electron chi connectivity index (χ4n) is 2.25. The fourth-order valence-corrected chi connectivity index (χ4v) is 3.13. The van der Waals surface area contributed by atoms with E-state index in [1.807, 2.05) is 12.4 Å². The molecule has 104 valence electrons. The van der Waals surface area contributed by atoms with Crippen molar-refractivity contribution in [3.63, 3.8) is 0 Å². The number of fused-ring (bicyclic) bond motifs is 1. The summed E-state index contributed by atoms with van der Waals surface area (Å²) in [5.41, 5.74) is 2.48. The highest BCUT2D eigenvalue weighted by atomic mass is 32.1. The Hall–Kier alpha value is -1.65. The van der Waals surface area contributed by atoms with Crippen molar-refractivity contribution in [2.45, 2.75) is 32.9 Å². The first-order valence-corrected chi connectivity index (χ1v) is 7.82. The van der Waals surface area contributed by atoms with Crippen molar-refractivity contribution in [2.24, 2.45) is 0 Å². The Morgan fingerprint density at radius 3 is 3.05 bits per heavy atom. The zero-order chi connectivity index (χ0) is 13.9. The number of nitrogens with one attached hydrogen (secondary N) is 2. The summed E-state index contributed by atoms with van der Waals surface area (Å²) in [6, 6.07) is 8.92. The lowest BCUT2D eigenvalue weighted by atomic mass is 10.1. The molecule has 0 spiro atoms. The molecule has 3 nitrogen and oxygen atoms in total. The maximum atomic E-state index is 4.49. The number of rotatable bonds is 5. The van der Waals surface area contributed by atoms with Crippen LogP contribution in [-0.4, -0.2) is 9.97 Å². The van der Waals surface area contributed by atoms with E-state index in [0.717, 1.165) is 13.0 Å². The first-order valence-electron chi connectivity index (χ1n) is 7.00. The number of hydrogen-bond donors (Lipinski definition) is 2. The molecule has 1 unspecified atom stereocenters. The lowest BCUT2D eigenvalue weighted by molar-refractivity contribution is 0.572. The largest absolute Gasteiger partial charge is 0.361 e. The third-order valence-electron chi connectivity index (χ3n) is 3.52. The minimum atomic E-state index is 0.291. The Kier molecular flexibility index (Phi) is 3.85. The molecule has 3 aromatic rings. The Bertz CT molecular complexity index is 698. The highest BCUT2D eigenvalue weighted by Gasteiger charge is 2.09. The number of hydrogen-bond acceptors (Lipinski definition) is 3. The van der Waals surface area contributed by atoms with Gasteiger partial charge in [0, 0.05) is 29.3 Å². The van der Waals surface area contributed by atoms with Crippen molar-refractivity contribution in [1.82, 2.24) is 15.3 Å². The standard InChI is InChI=1S/C16H19N3S/c1-3-14-10-19-16(20-14)11(2)18-9-12-4-5-13-6-7-17-15(13)8-12/h4-8,10-11,17-18H,3,9H2,1-2H3. The summed E-state index contributed by atoms with van der Waals surface area (Å²) in [5, 5.41) is 5.97. The third-order valence-corrected chi connectivity index (χ3v) is 4.85. The molecule has 1 atom stereocenters. The number of H-pyrrole nitrogens is 1. The monoisotopic (exact) mass is 285 g/mol. The molecule has 0 radical (unpaired) electrons. The molecule has 0 saturated heterocycles. The summed E-state index contributed by atoms with van der Waals surface area (Å²) < 4.78 is 0. The molecule has 0 aliphatic heterocycles. The van der Waals surface area contributed by atoms with Gasteiger partial charge in [0.25, 0.3) is 0 Å². The lowest BCUT2D eigenvalue weighted by Gasteiger charge is -2.11. The second-order valence-electron chi connectivity index (χ2n) is 5.02. The molecule has 0 aliphatic rings. The van der Waals surface area contributed by atoms with Gasteiger partial charge in [-0.25, -0.2) is 4.98 Å². The molecule has 20 heavy (non-hydrogen) atoms. The van der Waals surface area contributed by atoms with Gasteiger partial charge in [0.1, 0.15) is 5.01 Å². The van der Waals surface area contributed by atoms with Crippen molar-refractivity contribution in [2.75, 3.05) is 0 Å². The van der Waals surface area contributed by atoms with Gasteiger partial charge in [-0.3, -0.25) is 0 Å². The molecule has 2 N–H and O–H groups in total. The highest BCUT2D eigenvalue weighted by molar-refractivity contribution is 7.11. The SMILES string of the molecule is CCc1cnc(C(C)NCc2ccc3cc[nH]c3c2)s1. The van der Waals surface area contributed by atoms with Crippen LogP contribution in [-0.2, 0) is 13.0 Å². The van der Waals surface area contributed by atoms with Crippen LogP contribution in [0.4, 0.5) is 0 Å². The van der Waals surface area contributed by atoms with E-state index in [1.165, 1.54) is 26.4 Å². The molecule has 0 fully saturated rings. The summed E-state index contributed by atoms with van der Waals surface area (Å²) >= 11 is 1.80. The van der Waals surface area contributed by atoms with E-state index in [2.05, 4.69) is 53.4 Å². The number of aryl methyl sites for hydroxylation is 1. The first-order chi connectivity index (χ1) is 9.76. The van der Waals surface area contributed by atoms with E-state index >= 15 is 0 Å². The maximum Gasteiger partial charge on any atom is 0.109 e. The van der Waals surface area contributed by atoms with Crippen LogP contribution in [0, 0.1) is 0 Å². The van der Waals surface area contributed by atoms with E-state index in [1.54, 1.807) is 11.3 Å². The van der Waals surface area contributed by atoms with E-state index in [-0.39, 0.29) is 0 Å². The first kappa shape index (κ1) is 13.3. The summed E-state index contributed by atoms with van der Waals surface area (Å²) in [4.78, 5) is 9.09. The third kappa shape index (κ3) is 2.76. The van der Waals surface area contributed by atoms with Gasteiger partial charge in [-0.15, -0.1) is 11.3 Å². The van der Waals surface area contributed by atoms with Crippen LogP contribution in [0.1, 0.15) is 35.3 Å². The highest BCUT2D eigenvalue weighted by Crippen LogP contribution is 2.21. The molecule has 3 rings (SSSR count). The molecule has 1 aromatic carbocycles. The van der Waals surface area contributed by atoms with Gasteiger partial charge < -0.3 is 10.3 Å². The molecule has 2 aromatic heterocycles. The van der Waals surface area contributed by atoms with Gasteiger partial charge in [0.2, 0.25) is 0 Å². The number of benzene rings is 1. The Morgan fingerprint density at radius 2 is 2.25 bits per heavy atom. The van der Waals surface area contributed by atoms with Crippen LogP contribution in [0.15, 0.2) is 36.7 Å². The predicted octanol–water partition coefficient (Wildman–Crippen LogP) is 4.04. The van der Waals surface area contributed by atoms with Gasteiger partial charge in [-0.1, -0.05) is 19.1 Å². The average Bonchev–Trinajstić information content (AvgIpc) is 3.12. The minimum absolute atomic E-state index is 0.291. The summed E-state index contributed by atoms with van der Waals surface area (Å²) in [7, 11) is 0. The summed E-state index contributed by atoms with van der Waals surface area (Å²) in [5.74, 6) is 0. The van der Waals surface area contributed by atoms with Crippen LogP contribution in [0.5, 0.6) is 0 Å². The Labute approximate surface area is 123 Å². The van der Waals surface area contributed by atoms with Crippen LogP contribution in [0.25, 0.3) is 10.9 Å². The van der Waals surface area contributed by atoms with Crippen molar-refractivity contribution in [1.29, 1.82) is 0 Å². The Morgan fingerprint density at radius 1 is 1.35 bits per heavy atom. The zero-order valence-electron chi connectivity index (χ0n) is 11.8. The van der Waals surface area contributed by atoms with E-state index in [4.69, 9.17) is 0 Å². The summed E-state index contributed by atoms with van der Waals surface area (Å²) in [6.45, 7) is 5.20. The molecular formula is C16H19N3S. The smallest absolute Gasteiger partial charge is 0.109 e. The number of aromatic amines is 1. The fraction of sp³-hybridized carbons (Fsp3) is 0.312. The van der Waals surface area contributed by atoms with Crippen LogP contribution in [0.3, 0.4) is 0 Å². The van der Waals surface area contributed by atoms with Gasteiger partial charge in [-0.05, 0) is 36.4 Å². The molecule has 0 amide bonds. The minimum Gasteiger partial charge on any atom is -0.361 e. The Balaban J connectivity index is 1.65. The second-order valence-corrected chi connectivity index (χ2v) is 6.17. The molecule has 2 heterocycles. The van der Waals surface area contributed by atoms with E-state index in [9.17, 15) is 0 Å². The molecule has 4 heteroatoms. The van der Waals surface area contributed by atoms with E-state index < -0.39 is 0 Å². The molecule has 0 aliphatic carbocycles. The lowest BCUT2D eigenvalue weighted by Crippen LogP contribution is -2.17. The van der Waals surface area contributed by atoms with Crippen molar-refractivity contribution < 1.29 is 0 Å². The molecular weight excluding hydrogens is 266 g/mol. The molecule has 0 saturated carbocycles. The van der Waals surface area contributed by atoms with E-state index in [0.29, 0.717) is 6.04 Å². The summed E-state index contributed by atoms with van der Waals surface area (Å²) in [6.07, 6.45) is 5.03. The quantitative estimate of drug-likeness (QED) is 0.743. The topological polar surface area (TPSA) is 40.7 Å². The van der Waals surface area contributed by atoms with Crippen molar-refractivity contribution in [3.8, 4) is 0 Å².